The van der Waals surface area contributed by atoms with Crippen molar-refractivity contribution in [2.24, 2.45) is 5.92 Å². The third-order valence-corrected chi connectivity index (χ3v) is 5.48. The van der Waals surface area contributed by atoms with Gasteiger partial charge in [0.1, 0.15) is 0 Å². The summed E-state index contributed by atoms with van der Waals surface area (Å²) in [5.41, 5.74) is 1.54. The van der Waals surface area contributed by atoms with E-state index < -0.39 is 0 Å². The molecule has 0 saturated heterocycles. The minimum absolute atomic E-state index is 0.656. The maximum Gasteiger partial charge on any atom is 0.0289 e. The van der Waals surface area contributed by atoms with Crippen molar-refractivity contribution < 1.29 is 0 Å². The normalized spacial score (nSPS) is 21.1. The average molecular weight is 277 g/mol. The first kappa shape index (κ1) is 14.9. The number of nitrogens with one attached hydrogen (secondary N) is 1. The van der Waals surface area contributed by atoms with Gasteiger partial charge >= 0.3 is 0 Å². The molecule has 3 unspecified atom stereocenters. The van der Waals surface area contributed by atoms with Crippen LogP contribution in [-0.2, 0) is 6.42 Å². The van der Waals surface area contributed by atoms with E-state index in [-0.39, 0.29) is 0 Å². The predicted molar refractivity (Wildman–Crippen MR) is 85.9 cm³/mol. The molecule has 3 atom stereocenters. The van der Waals surface area contributed by atoms with Crippen LogP contribution in [0.1, 0.15) is 45.6 Å². The van der Waals surface area contributed by atoms with Crippen molar-refractivity contribution in [3.63, 3.8) is 0 Å². The molecular weight excluding hydrogens is 250 g/mol. The first-order chi connectivity index (χ1) is 9.24. The van der Waals surface area contributed by atoms with Gasteiger partial charge in [0.15, 0.2) is 0 Å². The maximum atomic E-state index is 3.73. The van der Waals surface area contributed by atoms with E-state index in [1.54, 1.807) is 5.56 Å². The van der Waals surface area contributed by atoms with Crippen LogP contribution >= 0.6 is 11.8 Å². The summed E-state index contributed by atoms with van der Waals surface area (Å²) in [6.45, 7) is 8.00. The molecule has 1 nitrogen and oxygen atoms in total. The number of hydrogen-bond acceptors (Lipinski definition) is 2. The van der Waals surface area contributed by atoms with Crippen molar-refractivity contribution in [2.75, 3.05) is 6.54 Å². The SMILES string of the molecule is CCCC(C)CC(NCC)C1Cc2ccccc2S1. The second kappa shape index (κ2) is 7.35. The molecule has 0 aliphatic carbocycles. The van der Waals surface area contributed by atoms with Gasteiger partial charge in [-0.25, -0.2) is 0 Å². The third kappa shape index (κ3) is 4.00. The molecule has 1 aromatic rings. The zero-order chi connectivity index (χ0) is 13.7. The Kier molecular flexibility index (Phi) is 5.77. The lowest BCUT2D eigenvalue weighted by molar-refractivity contribution is 0.380. The third-order valence-electron chi connectivity index (χ3n) is 4.02. The Labute approximate surface area is 122 Å². The van der Waals surface area contributed by atoms with Crippen molar-refractivity contribution in [3.8, 4) is 0 Å². The summed E-state index contributed by atoms with van der Waals surface area (Å²) in [6.07, 6.45) is 5.20. The van der Waals surface area contributed by atoms with Gasteiger partial charge in [0.2, 0.25) is 0 Å². The van der Waals surface area contributed by atoms with E-state index >= 15 is 0 Å². The van der Waals surface area contributed by atoms with E-state index in [1.165, 1.54) is 30.6 Å². The van der Waals surface area contributed by atoms with Crippen LogP contribution in [0.25, 0.3) is 0 Å². The van der Waals surface area contributed by atoms with Crippen LogP contribution in [0, 0.1) is 5.92 Å². The summed E-state index contributed by atoms with van der Waals surface area (Å²) in [7, 11) is 0. The van der Waals surface area contributed by atoms with Crippen LogP contribution in [0.2, 0.25) is 0 Å². The molecule has 1 aromatic carbocycles. The van der Waals surface area contributed by atoms with Gasteiger partial charge in [-0.15, -0.1) is 11.8 Å². The van der Waals surface area contributed by atoms with Crippen LogP contribution in [0.15, 0.2) is 29.2 Å². The number of thioether (sulfide) groups is 1. The van der Waals surface area contributed by atoms with Crippen LogP contribution in [-0.4, -0.2) is 17.8 Å². The molecule has 1 N–H and O–H groups in total. The van der Waals surface area contributed by atoms with Crippen LogP contribution in [0.3, 0.4) is 0 Å². The van der Waals surface area contributed by atoms with Crippen LogP contribution in [0.4, 0.5) is 0 Å². The lowest BCUT2D eigenvalue weighted by Gasteiger charge is -2.26. The van der Waals surface area contributed by atoms with E-state index in [1.807, 2.05) is 0 Å². The smallest absolute Gasteiger partial charge is 0.0289 e. The van der Waals surface area contributed by atoms with Gasteiger partial charge in [-0.1, -0.05) is 51.8 Å². The standard InChI is InChI=1S/C17H27NS/c1-4-8-13(3)11-15(18-5-2)17-12-14-9-6-7-10-16(14)19-17/h6-7,9-10,13,15,17-18H,4-5,8,11-12H2,1-3H3. The van der Waals surface area contributed by atoms with E-state index in [2.05, 4.69) is 62.1 Å². The lowest BCUT2D eigenvalue weighted by Crippen LogP contribution is -2.39. The van der Waals surface area contributed by atoms with Gasteiger partial charge in [0.25, 0.3) is 0 Å². The van der Waals surface area contributed by atoms with Gasteiger partial charge < -0.3 is 5.32 Å². The molecule has 19 heavy (non-hydrogen) atoms. The summed E-state index contributed by atoms with van der Waals surface area (Å²) < 4.78 is 0. The zero-order valence-electron chi connectivity index (χ0n) is 12.5. The number of fused-ring (bicyclic) bond motifs is 1. The Balaban J connectivity index is 1.97. The van der Waals surface area contributed by atoms with Crippen molar-refractivity contribution in [1.29, 1.82) is 0 Å². The molecule has 0 amide bonds. The number of rotatable bonds is 7. The summed E-state index contributed by atoms with van der Waals surface area (Å²) in [5.74, 6) is 0.832. The summed E-state index contributed by atoms with van der Waals surface area (Å²) in [6, 6.07) is 9.56. The maximum absolute atomic E-state index is 3.73. The Hall–Kier alpha value is -0.470. The Morgan fingerprint density at radius 3 is 2.79 bits per heavy atom. The molecule has 0 saturated carbocycles. The second-order valence-corrected chi connectivity index (χ2v) is 7.04. The summed E-state index contributed by atoms with van der Waals surface area (Å²) in [4.78, 5) is 1.50. The highest BCUT2D eigenvalue weighted by molar-refractivity contribution is 8.00. The first-order valence-corrected chi connectivity index (χ1v) is 8.60. The average Bonchev–Trinajstić information content (AvgIpc) is 2.82. The molecular formula is C17H27NS. The molecule has 1 aliphatic heterocycles. The predicted octanol–water partition coefficient (Wildman–Crippen LogP) is 4.51. The van der Waals surface area contributed by atoms with E-state index in [0.29, 0.717) is 6.04 Å². The van der Waals surface area contributed by atoms with E-state index in [9.17, 15) is 0 Å². The largest absolute Gasteiger partial charge is 0.313 e. The first-order valence-electron chi connectivity index (χ1n) is 7.72. The van der Waals surface area contributed by atoms with Gasteiger partial charge in [0, 0.05) is 16.2 Å². The highest BCUT2D eigenvalue weighted by atomic mass is 32.2. The quantitative estimate of drug-likeness (QED) is 0.787. The van der Waals surface area contributed by atoms with Crippen molar-refractivity contribution >= 4 is 11.8 Å². The van der Waals surface area contributed by atoms with Gasteiger partial charge in [-0.05, 0) is 36.9 Å². The fourth-order valence-corrected chi connectivity index (χ4v) is 4.53. The minimum atomic E-state index is 0.656. The van der Waals surface area contributed by atoms with Crippen molar-refractivity contribution in [2.45, 2.75) is 62.6 Å². The molecule has 0 aromatic heterocycles. The van der Waals surface area contributed by atoms with Crippen LogP contribution in [0.5, 0.6) is 0 Å². The number of benzene rings is 1. The highest BCUT2D eigenvalue weighted by Crippen LogP contribution is 2.39. The van der Waals surface area contributed by atoms with Crippen molar-refractivity contribution in [3.05, 3.63) is 29.8 Å². The molecule has 2 heteroatoms. The van der Waals surface area contributed by atoms with Crippen molar-refractivity contribution in [1.82, 2.24) is 5.32 Å². The number of hydrogen-bond donors (Lipinski definition) is 1. The Morgan fingerprint density at radius 2 is 2.11 bits per heavy atom. The fourth-order valence-electron chi connectivity index (χ4n) is 3.11. The summed E-state index contributed by atoms with van der Waals surface area (Å²) in [5, 5.41) is 4.45. The minimum Gasteiger partial charge on any atom is -0.313 e. The molecule has 0 radical (unpaired) electrons. The van der Waals surface area contributed by atoms with E-state index in [0.717, 1.165) is 17.7 Å². The molecule has 0 spiro atoms. The van der Waals surface area contributed by atoms with E-state index in [4.69, 9.17) is 0 Å². The Bertz CT molecular complexity index is 366. The molecule has 1 heterocycles. The Morgan fingerprint density at radius 1 is 1.32 bits per heavy atom. The fraction of sp³-hybridized carbons (Fsp3) is 0.647. The monoisotopic (exact) mass is 277 g/mol. The van der Waals surface area contributed by atoms with Gasteiger partial charge in [-0.2, -0.15) is 0 Å². The van der Waals surface area contributed by atoms with Gasteiger partial charge in [0.05, 0.1) is 0 Å². The molecule has 106 valence electrons. The molecule has 1 aliphatic rings. The van der Waals surface area contributed by atoms with Gasteiger partial charge in [-0.3, -0.25) is 0 Å². The topological polar surface area (TPSA) is 12.0 Å². The molecule has 0 bridgehead atoms. The lowest BCUT2D eigenvalue weighted by atomic mass is 9.93. The molecule has 0 fully saturated rings. The molecule has 2 rings (SSSR count). The van der Waals surface area contributed by atoms with Crippen LogP contribution < -0.4 is 5.32 Å². The zero-order valence-corrected chi connectivity index (χ0v) is 13.3. The summed E-state index contributed by atoms with van der Waals surface area (Å²) >= 11 is 2.08. The second-order valence-electron chi connectivity index (χ2n) is 5.76. The highest BCUT2D eigenvalue weighted by Gasteiger charge is 2.29.